The molecule has 0 aromatic heterocycles. The zero-order chi connectivity index (χ0) is 7.61. The van der Waals surface area contributed by atoms with Crippen molar-refractivity contribution in [3.05, 3.63) is 0 Å². The summed E-state index contributed by atoms with van der Waals surface area (Å²) in [7, 11) is -1.20. The summed E-state index contributed by atoms with van der Waals surface area (Å²) < 4.78 is 0. The Morgan fingerprint density at radius 2 is 2.20 bits per heavy atom. The molecule has 1 heterocycles. The van der Waals surface area contributed by atoms with Crippen LogP contribution in [0.3, 0.4) is 0 Å². The molecule has 0 aromatic carbocycles. The predicted molar refractivity (Wildman–Crippen MR) is 55.6 cm³/mol. The molecule has 4 heteroatoms. The maximum Gasteiger partial charge on any atom is 0.152 e. The van der Waals surface area contributed by atoms with Crippen LogP contribution in [0.2, 0.25) is 17.4 Å². The largest absolute Gasteiger partial charge is 0.168 e. The molecular formula is C6H13BrClSi2. The van der Waals surface area contributed by atoms with Crippen LogP contribution in [-0.2, 0) is 0 Å². The normalized spacial score (nSPS) is 24.3. The fourth-order valence-electron chi connectivity index (χ4n) is 1.31. The second kappa shape index (κ2) is 3.74. The van der Waals surface area contributed by atoms with Crippen molar-refractivity contribution in [3.8, 4) is 0 Å². The van der Waals surface area contributed by atoms with E-state index < -0.39 is 7.38 Å². The molecule has 0 bridgehead atoms. The number of hydrogen-bond donors (Lipinski definition) is 0. The van der Waals surface area contributed by atoms with E-state index in [4.69, 9.17) is 11.1 Å². The van der Waals surface area contributed by atoms with E-state index in [1.165, 1.54) is 30.2 Å². The summed E-state index contributed by atoms with van der Waals surface area (Å²) in [4.78, 5) is 0. The molecule has 1 saturated heterocycles. The van der Waals surface area contributed by atoms with Crippen molar-refractivity contribution in [1.29, 1.82) is 0 Å². The van der Waals surface area contributed by atoms with Gasteiger partial charge in [0.05, 0.1) is 0 Å². The lowest BCUT2D eigenvalue weighted by atomic mass is 10.4. The average molecular weight is 257 g/mol. The van der Waals surface area contributed by atoms with Crippen LogP contribution in [0.5, 0.6) is 0 Å². The Labute approximate surface area is 78.2 Å². The van der Waals surface area contributed by atoms with E-state index in [2.05, 4.69) is 22.2 Å². The molecule has 0 N–H and O–H groups in total. The Kier molecular flexibility index (Phi) is 3.47. The highest BCUT2D eigenvalue weighted by Gasteiger charge is 2.44. The Bertz CT molecular complexity index is 114. The monoisotopic (exact) mass is 255 g/mol. The topological polar surface area (TPSA) is 0 Å². The summed E-state index contributed by atoms with van der Waals surface area (Å²) in [5, 5.41) is 0. The lowest BCUT2D eigenvalue weighted by Crippen LogP contribution is -2.45. The summed E-state index contributed by atoms with van der Waals surface area (Å²) >= 11 is 10.1. The third-order valence-electron chi connectivity index (χ3n) is 2.00. The van der Waals surface area contributed by atoms with Crippen LogP contribution in [0.1, 0.15) is 19.8 Å². The second-order valence-electron chi connectivity index (χ2n) is 3.13. The van der Waals surface area contributed by atoms with Crippen LogP contribution >= 0.6 is 26.4 Å². The van der Waals surface area contributed by atoms with Gasteiger partial charge in [-0.15, -0.1) is 15.3 Å². The van der Waals surface area contributed by atoms with Gasteiger partial charge in [-0.3, -0.25) is 0 Å². The van der Waals surface area contributed by atoms with Crippen LogP contribution in [-0.4, -0.2) is 14.8 Å². The van der Waals surface area contributed by atoms with Gasteiger partial charge in [-0.25, -0.2) is 0 Å². The first-order valence-corrected chi connectivity index (χ1v) is 11.7. The molecule has 0 aromatic rings. The molecule has 0 nitrogen and oxygen atoms in total. The zero-order valence-corrected chi connectivity index (χ0v) is 10.6. The summed E-state index contributed by atoms with van der Waals surface area (Å²) in [6, 6.07) is 1.37. The summed E-state index contributed by atoms with van der Waals surface area (Å²) in [5.41, 5.74) is 2.80. The third-order valence-corrected chi connectivity index (χ3v) is 19.4. The molecule has 0 aliphatic carbocycles. The lowest BCUT2D eigenvalue weighted by Gasteiger charge is -2.36. The highest BCUT2D eigenvalue weighted by molar-refractivity contribution is 9.24. The van der Waals surface area contributed by atoms with Crippen LogP contribution < -0.4 is 0 Å². The number of hydrogen-bond acceptors (Lipinski definition) is 0. The fourth-order valence-corrected chi connectivity index (χ4v) is 24.7. The Hall–Kier alpha value is 1.20. The van der Waals surface area contributed by atoms with E-state index in [0.717, 1.165) is 0 Å². The van der Waals surface area contributed by atoms with E-state index >= 15 is 0 Å². The molecule has 1 rings (SSSR count). The van der Waals surface area contributed by atoms with E-state index in [-0.39, 0.29) is 7.42 Å². The van der Waals surface area contributed by atoms with Crippen LogP contribution in [0, 0.1) is 0 Å². The Balaban J connectivity index is 2.15. The fraction of sp³-hybridized carbons (Fsp3) is 1.00. The third kappa shape index (κ3) is 2.36. The zero-order valence-electron chi connectivity index (χ0n) is 6.29. The van der Waals surface area contributed by atoms with Crippen molar-refractivity contribution in [3.63, 3.8) is 0 Å². The average Bonchev–Trinajstić information content (AvgIpc) is 1.81. The smallest absolute Gasteiger partial charge is 0.152 e. The summed E-state index contributed by atoms with van der Waals surface area (Å²) in [6.07, 6.45) is 2.67. The lowest BCUT2D eigenvalue weighted by molar-refractivity contribution is 0.868. The van der Waals surface area contributed by atoms with E-state index in [0.29, 0.717) is 0 Å². The Morgan fingerprint density at radius 1 is 1.60 bits per heavy atom. The summed E-state index contributed by atoms with van der Waals surface area (Å²) in [5.74, 6) is 0. The maximum atomic E-state index is 6.42. The SMILES string of the molecule is CCCC[Si]1(Cl)C[Si](Br)C1. The first-order valence-electron chi connectivity index (χ1n) is 3.85. The molecular weight excluding hydrogens is 244 g/mol. The van der Waals surface area contributed by atoms with Gasteiger partial charge in [-0.05, 0) is 17.4 Å². The van der Waals surface area contributed by atoms with E-state index in [1.54, 1.807) is 0 Å². The van der Waals surface area contributed by atoms with Gasteiger partial charge in [0.1, 0.15) is 7.42 Å². The molecule has 0 saturated carbocycles. The molecule has 1 fully saturated rings. The van der Waals surface area contributed by atoms with Gasteiger partial charge in [0.15, 0.2) is 7.38 Å². The number of unbranched alkanes of at least 4 members (excludes halogenated alkanes) is 1. The van der Waals surface area contributed by atoms with Crippen LogP contribution in [0.15, 0.2) is 0 Å². The predicted octanol–water partition coefficient (Wildman–Crippen LogP) is 3.45. The molecule has 1 aliphatic heterocycles. The molecule has 0 atom stereocenters. The van der Waals surface area contributed by atoms with E-state index in [1.807, 2.05) is 0 Å². The van der Waals surface area contributed by atoms with Crippen molar-refractivity contribution in [1.82, 2.24) is 0 Å². The van der Waals surface area contributed by atoms with Crippen LogP contribution in [0.4, 0.5) is 0 Å². The molecule has 1 aliphatic rings. The minimum absolute atomic E-state index is 0.0872. The van der Waals surface area contributed by atoms with Gasteiger partial charge in [-0.2, -0.15) is 11.1 Å². The second-order valence-corrected chi connectivity index (χ2v) is 15.6. The van der Waals surface area contributed by atoms with Crippen molar-refractivity contribution in [2.45, 2.75) is 37.1 Å². The first kappa shape index (κ1) is 9.29. The molecule has 10 heavy (non-hydrogen) atoms. The van der Waals surface area contributed by atoms with Gasteiger partial charge < -0.3 is 0 Å². The molecule has 59 valence electrons. The molecule has 0 spiro atoms. The summed E-state index contributed by atoms with van der Waals surface area (Å²) in [6.45, 7) is 2.24. The van der Waals surface area contributed by atoms with Crippen LogP contribution in [0.25, 0.3) is 0 Å². The van der Waals surface area contributed by atoms with Crippen molar-refractivity contribution in [2.75, 3.05) is 0 Å². The maximum absolute atomic E-state index is 6.42. The van der Waals surface area contributed by atoms with Gasteiger partial charge in [0, 0.05) is 0 Å². The van der Waals surface area contributed by atoms with Gasteiger partial charge >= 0.3 is 0 Å². The quantitative estimate of drug-likeness (QED) is 0.536. The van der Waals surface area contributed by atoms with E-state index in [9.17, 15) is 0 Å². The highest BCUT2D eigenvalue weighted by Crippen LogP contribution is 2.41. The van der Waals surface area contributed by atoms with Gasteiger partial charge in [-0.1, -0.05) is 19.8 Å². The molecule has 1 radical (unpaired) electrons. The van der Waals surface area contributed by atoms with Gasteiger partial charge in [0.25, 0.3) is 0 Å². The molecule has 0 unspecified atom stereocenters. The molecule has 0 amide bonds. The minimum atomic E-state index is -1.11. The Morgan fingerprint density at radius 3 is 2.60 bits per heavy atom. The number of rotatable bonds is 3. The standard InChI is InChI=1S/C6H13BrClSi2/c1-2-3-4-10(8)5-9(7)6-10/h2-6H2,1H3. The van der Waals surface area contributed by atoms with Crippen molar-refractivity contribution >= 4 is 41.2 Å². The van der Waals surface area contributed by atoms with Crippen molar-refractivity contribution < 1.29 is 0 Å². The number of halogens is 2. The highest BCUT2D eigenvalue weighted by atomic mass is 79.9. The van der Waals surface area contributed by atoms with Gasteiger partial charge in [0.2, 0.25) is 0 Å². The van der Waals surface area contributed by atoms with Crippen molar-refractivity contribution in [2.24, 2.45) is 0 Å². The minimum Gasteiger partial charge on any atom is -0.168 e. The first-order chi connectivity index (χ1) is 4.66.